The molecule has 0 spiro atoms. The van der Waals surface area contributed by atoms with E-state index in [1.807, 2.05) is 24.3 Å². The van der Waals surface area contributed by atoms with Crippen molar-refractivity contribution in [3.05, 3.63) is 64.8 Å². The molecule has 9 heteroatoms. The van der Waals surface area contributed by atoms with Crippen molar-refractivity contribution in [2.24, 2.45) is 5.92 Å². The molecule has 2 heterocycles. The van der Waals surface area contributed by atoms with E-state index < -0.39 is 16.0 Å². The van der Waals surface area contributed by atoms with E-state index in [-0.39, 0.29) is 12.1 Å². The fourth-order valence-electron chi connectivity index (χ4n) is 3.58. The van der Waals surface area contributed by atoms with Crippen LogP contribution >= 0.6 is 0 Å². The Labute approximate surface area is 167 Å². The van der Waals surface area contributed by atoms with Crippen LogP contribution in [-0.4, -0.2) is 31.1 Å². The number of imidazole rings is 2. The van der Waals surface area contributed by atoms with E-state index in [9.17, 15) is 17.8 Å². The SMILES string of the molecule is CC(C)CCn1c(Cn2c(=O)n(S(=O)(=O)O)c3ccccc32)nc2ccccc21. The molecule has 152 valence electrons. The molecule has 8 nitrogen and oxygen atoms in total. The van der Waals surface area contributed by atoms with Gasteiger partial charge in [0, 0.05) is 6.54 Å². The summed E-state index contributed by atoms with van der Waals surface area (Å²) >= 11 is 0. The number of fused-ring (bicyclic) bond motifs is 2. The van der Waals surface area contributed by atoms with Crippen molar-refractivity contribution < 1.29 is 13.0 Å². The van der Waals surface area contributed by atoms with Crippen molar-refractivity contribution >= 4 is 32.4 Å². The number of rotatable bonds is 6. The summed E-state index contributed by atoms with van der Waals surface area (Å²) in [5.41, 5.74) is 1.51. The predicted octanol–water partition coefficient (Wildman–Crippen LogP) is 2.90. The molecule has 0 radical (unpaired) electrons. The van der Waals surface area contributed by atoms with E-state index in [4.69, 9.17) is 0 Å². The van der Waals surface area contributed by atoms with Gasteiger partial charge in [0.1, 0.15) is 5.82 Å². The van der Waals surface area contributed by atoms with Crippen LogP contribution in [0.1, 0.15) is 26.1 Å². The maximum atomic E-state index is 12.9. The Morgan fingerprint density at radius 1 is 0.966 bits per heavy atom. The van der Waals surface area contributed by atoms with Crippen LogP contribution in [0.4, 0.5) is 0 Å². The third kappa shape index (κ3) is 3.47. The summed E-state index contributed by atoms with van der Waals surface area (Å²) in [7, 11) is -4.73. The molecule has 0 aliphatic rings. The van der Waals surface area contributed by atoms with Gasteiger partial charge in [0.15, 0.2) is 0 Å². The summed E-state index contributed by atoms with van der Waals surface area (Å²) < 4.78 is 37.0. The first-order valence-corrected chi connectivity index (χ1v) is 10.8. The van der Waals surface area contributed by atoms with Gasteiger partial charge in [-0.2, -0.15) is 12.4 Å². The minimum Gasteiger partial charge on any atom is -0.326 e. The lowest BCUT2D eigenvalue weighted by atomic mass is 10.1. The fraction of sp³-hybridized carbons (Fsp3) is 0.300. The number of aromatic nitrogens is 4. The molecule has 0 bridgehead atoms. The smallest absolute Gasteiger partial charge is 0.326 e. The number of hydrogen-bond donors (Lipinski definition) is 1. The van der Waals surface area contributed by atoms with Crippen molar-refractivity contribution in [2.75, 3.05) is 0 Å². The highest BCUT2D eigenvalue weighted by Gasteiger charge is 2.22. The van der Waals surface area contributed by atoms with Crippen LogP contribution in [0.15, 0.2) is 53.3 Å². The first-order chi connectivity index (χ1) is 13.8. The summed E-state index contributed by atoms with van der Waals surface area (Å²) in [6.07, 6.45) is 0.940. The van der Waals surface area contributed by atoms with Gasteiger partial charge in [-0.05, 0) is 36.6 Å². The zero-order valence-electron chi connectivity index (χ0n) is 16.2. The van der Waals surface area contributed by atoms with E-state index in [1.165, 1.54) is 10.6 Å². The summed E-state index contributed by atoms with van der Waals surface area (Å²) in [4.78, 5) is 17.6. The van der Waals surface area contributed by atoms with Crippen molar-refractivity contribution in [1.82, 2.24) is 18.1 Å². The molecule has 2 aromatic carbocycles. The number of hydrogen-bond acceptors (Lipinski definition) is 4. The Morgan fingerprint density at radius 3 is 2.24 bits per heavy atom. The van der Waals surface area contributed by atoms with Crippen molar-refractivity contribution in [1.29, 1.82) is 0 Å². The number of para-hydroxylation sites is 4. The van der Waals surface area contributed by atoms with E-state index in [2.05, 4.69) is 23.4 Å². The Hall–Kier alpha value is -2.91. The van der Waals surface area contributed by atoms with Crippen LogP contribution in [-0.2, 0) is 23.4 Å². The average Bonchev–Trinajstić information content (AvgIpc) is 3.15. The zero-order chi connectivity index (χ0) is 20.8. The van der Waals surface area contributed by atoms with Crippen LogP contribution in [0, 0.1) is 5.92 Å². The second kappa shape index (κ2) is 7.16. The quantitative estimate of drug-likeness (QED) is 0.489. The van der Waals surface area contributed by atoms with Gasteiger partial charge in [-0.1, -0.05) is 38.1 Å². The number of nitrogens with zero attached hydrogens (tertiary/aromatic N) is 4. The molecule has 0 fully saturated rings. The highest BCUT2D eigenvalue weighted by atomic mass is 32.2. The average molecular weight is 414 g/mol. The molecule has 2 aromatic heterocycles. The monoisotopic (exact) mass is 414 g/mol. The molecule has 0 aliphatic carbocycles. The van der Waals surface area contributed by atoms with E-state index in [0.717, 1.165) is 24.0 Å². The largest absolute Gasteiger partial charge is 0.368 e. The van der Waals surface area contributed by atoms with E-state index in [1.54, 1.807) is 18.2 Å². The molecule has 4 rings (SSSR count). The van der Waals surface area contributed by atoms with Crippen LogP contribution < -0.4 is 5.69 Å². The van der Waals surface area contributed by atoms with Gasteiger partial charge in [0.2, 0.25) is 0 Å². The van der Waals surface area contributed by atoms with E-state index >= 15 is 0 Å². The Kier molecular flexibility index (Phi) is 4.79. The Balaban J connectivity index is 1.90. The van der Waals surface area contributed by atoms with Crippen molar-refractivity contribution in [3.63, 3.8) is 0 Å². The molecular formula is C20H22N4O4S. The Morgan fingerprint density at radius 2 is 1.59 bits per heavy atom. The Bertz CT molecular complexity index is 1360. The highest BCUT2D eigenvalue weighted by Crippen LogP contribution is 2.20. The third-order valence-electron chi connectivity index (χ3n) is 4.99. The standard InChI is InChI=1S/C20H22N4O4S/c1-14(2)11-12-22-16-8-4-3-7-15(16)21-19(22)13-23-17-9-5-6-10-18(17)24(20(23)25)29(26,27)28/h3-10,14H,11-13H2,1-2H3,(H,26,27,28). The van der Waals surface area contributed by atoms with Gasteiger partial charge in [-0.15, -0.1) is 0 Å². The normalized spacial score (nSPS) is 12.4. The van der Waals surface area contributed by atoms with Crippen LogP contribution in [0.5, 0.6) is 0 Å². The molecule has 0 unspecified atom stereocenters. The van der Waals surface area contributed by atoms with Crippen LogP contribution in [0.2, 0.25) is 0 Å². The maximum absolute atomic E-state index is 12.9. The second-order valence-electron chi connectivity index (χ2n) is 7.45. The zero-order valence-corrected chi connectivity index (χ0v) is 17.0. The summed E-state index contributed by atoms with van der Waals surface area (Å²) in [5, 5.41) is 0. The molecule has 4 aromatic rings. The molecule has 0 saturated carbocycles. The summed E-state index contributed by atoms with van der Waals surface area (Å²) in [6, 6.07) is 14.2. The topological polar surface area (TPSA) is 99.1 Å². The molecule has 0 atom stereocenters. The molecular weight excluding hydrogens is 392 g/mol. The van der Waals surface area contributed by atoms with Gasteiger partial charge < -0.3 is 4.57 Å². The number of aryl methyl sites for hydroxylation is 1. The van der Waals surface area contributed by atoms with Crippen LogP contribution in [0.25, 0.3) is 22.1 Å². The first-order valence-electron chi connectivity index (χ1n) is 9.40. The highest BCUT2D eigenvalue weighted by molar-refractivity contribution is 7.84. The number of benzene rings is 2. The third-order valence-corrected chi connectivity index (χ3v) is 5.80. The first kappa shape index (κ1) is 19.4. The van der Waals surface area contributed by atoms with Gasteiger partial charge in [0.25, 0.3) is 0 Å². The molecule has 0 saturated heterocycles. The molecule has 0 aliphatic heterocycles. The lowest BCUT2D eigenvalue weighted by Crippen LogP contribution is -2.30. The lowest BCUT2D eigenvalue weighted by molar-refractivity contribution is 0.470. The second-order valence-corrected chi connectivity index (χ2v) is 8.71. The van der Waals surface area contributed by atoms with Gasteiger partial charge in [0.05, 0.1) is 28.6 Å². The predicted molar refractivity (Wildman–Crippen MR) is 111 cm³/mol. The molecule has 0 amide bonds. The van der Waals surface area contributed by atoms with E-state index in [0.29, 0.717) is 21.2 Å². The van der Waals surface area contributed by atoms with Crippen molar-refractivity contribution in [2.45, 2.75) is 33.4 Å². The van der Waals surface area contributed by atoms with Gasteiger partial charge >= 0.3 is 16.0 Å². The maximum Gasteiger partial charge on any atom is 0.368 e. The van der Waals surface area contributed by atoms with Crippen molar-refractivity contribution in [3.8, 4) is 0 Å². The van der Waals surface area contributed by atoms with Crippen LogP contribution in [0.3, 0.4) is 0 Å². The minimum absolute atomic E-state index is 0.0919. The molecule has 29 heavy (non-hydrogen) atoms. The van der Waals surface area contributed by atoms with Gasteiger partial charge in [-0.25, -0.2) is 9.78 Å². The summed E-state index contributed by atoms with van der Waals surface area (Å²) in [5.74, 6) is 1.15. The van der Waals surface area contributed by atoms with Gasteiger partial charge in [-0.3, -0.25) is 9.12 Å². The molecule has 1 N–H and O–H groups in total. The minimum atomic E-state index is -4.73. The lowest BCUT2D eigenvalue weighted by Gasteiger charge is -2.11. The summed E-state index contributed by atoms with van der Waals surface area (Å²) in [6.45, 7) is 5.11. The fourth-order valence-corrected chi connectivity index (χ4v) is 4.28.